The highest BCUT2D eigenvalue weighted by Crippen LogP contribution is 2.59. The summed E-state index contributed by atoms with van der Waals surface area (Å²) in [5.74, 6) is -0.927. The van der Waals surface area contributed by atoms with Crippen molar-refractivity contribution in [2.24, 2.45) is 17.3 Å². The summed E-state index contributed by atoms with van der Waals surface area (Å²) in [6.45, 7) is 5.68. The Morgan fingerprint density at radius 2 is 1.94 bits per heavy atom. The smallest absolute Gasteiger partial charge is 0.307 e. The molecule has 0 saturated heterocycles. The average molecular weight is 259 g/mol. The predicted octanol–water partition coefficient (Wildman–Crippen LogP) is 1.55. The maximum Gasteiger partial charge on any atom is 0.307 e. The minimum Gasteiger partial charge on any atom is -0.481 e. The van der Waals surface area contributed by atoms with Gasteiger partial charge in [0.2, 0.25) is 5.91 Å². The third-order valence-electron chi connectivity index (χ3n) is 3.78. The summed E-state index contributed by atoms with van der Waals surface area (Å²) in [6, 6.07) is 0.142. The molecule has 1 rings (SSSR count). The van der Waals surface area contributed by atoms with Crippen LogP contribution in [0.2, 0.25) is 0 Å². The number of aliphatic carboxylic acids is 1. The van der Waals surface area contributed by atoms with Crippen LogP contribution in [0, 0.1) is 17.3 Å². The number of thioether (sulfide) groups is 1. The molecule has 4 nitrogen and oxygen atoms in total. The van der Waals surface area contributed by atoms with E-state index in [1.54, 1.807) is 23.7 Å². The van der Waals surface area contributed by atoms with Gasteiger partial charge in [0.1, 0.15) is 0 Å². The molecule has 0 spiro atoms. The number of carbonyl (C=O) groups excluding carboxylic acids is 1. The molecule has 0 aromatic rings. The standard InChI is InChI=1S/C12H21NO3S/c1-7(6-17-5)13(4)10(14)8-9(11(15)16)12(8,2)3/h7-9H,6H2,1-5H3,(H,15,16)/t7?,8-,9+/m1/s1. The zero-order valence-electron chi connectivity index (χ0n) is 11.1. The molecule has 0 bridgehead atoms. The summed E-state index contributed by atoms with van der Waals surface area (Å²) in [6.07, 6.45) is 2.00. The molecule has 0 aliphatic heterocycles. The summed E-state index contributed by atoms with van der Waals surface area (Å²) in [5.41, 5.74) is -0.406. The largest absolute Gasteiger partial charge is 0.481 e. The fourth-order valence-electron chi connectivity index (χ4n) is 2.35. The van der Waals surface area contributed by atoms with Gasteiger partial charge in [0.05, 0.1) is 11.8 Å². The van der Waals surface area contributed by atoms with Gasteiger partial charge in [-0.3, -0.25) is 9.59 Å². The molecule has 1 amide bonds. The van der Waals surface area contributed by atoms with Crippen molar-refractivity contribution in [3.8, 4) is 0 Å². The average Bonchev–Trinajstić information content (AvgIpc) is 2.80. The molecule has 1 unspecified atom stereocenters. The second kappa shape index (κ2) is 4.88. The Labute approximate surface area is 107 Å². The van der Waals surface area contributed by atoms with Crippen LogP contribution in [0.3, 0.4) is 0 Å². The van der Waals surface area contributed by atoms with Crippen molar-refractivity contribution in [2.75, 3.05) is 19.1 Å². The Morgan fingerprint density at radius 1 is 1.41 bits per heavy atom. The van der Waals surface area contributed by atoms with E-state index < -0.39 is 17.3 Å². The van der Waals surface area contributed by atoms with Gasteiger partial charge in [0, 0.05) is 18.8 Å². The second-order valence-electron chi connectivity index (χ2n) is 5.37. The number of hydrogen-bond acceptors (Lipinski definition) is 3. The van der Waals surface area contributed by atoms with Gasteiger partial charge in [-0.1, -0.05) is 13.8 Å². The fourth-order valence-corrected chi connectivity index (χ4v) is 3.06. The number of carboxylic acids is 1. The molecule has 1 N–H and O–H groups in total. The van der Waals surface area contributed by atoms with Gasteiger partial charge in [0.25, 0.3) is 0 Å². The lowest BCUT2D eigenvalue weighted by atomic mass is 10.1. The minimum absolute atomic E-state index is 0.0380. The first kappa shape index (κ1) is 14.4. The Hall–Kier alpha value is -0.710. The predicted molar refractivity (Wildman–Crippen MR) is 69.0 cm³/mol. The summed E-state index contributed by atoms with van der Waals surface area (Å²) in [4.78, 5) is 24.9. The highest BCUT2D eigenvalue weighted by Gasteiger charge is 2.66. The van der Waals surface area contributed by atoms with E-state index in [2.05, 4.69) is 0 Å². The van der Waals surface area contributed by atoms with Crippen LogP contribution in [0.25, 0.3) is 0 Å². The number of carboxylic acid groups (broad SMARTS) is 1. The van der Waals surface area contributed by atoms with Gasteiger partial charge in [0.15, 0.2) is 0 Å². The van der Waals surface area contributed by atoms with Crippen molar-refractivity contribution in [3.05, 3.63) is 0 Å². The van der Waals surface area contributed by atoms with Gasteiger partial charge in [-0.25, -0.2) is 0 Å². The molecule has 5 heteroatoms. The third kappa shape index (κ3) is 2.59. The van der Waals surface area contributed by atoms with Gasteiger partial charge in [-0.15, -0.1) is 0 Å². The summed E-state index contributed by atoms with van der Waals surface area (Å²) < 4.78 is 0. The molecular formula is C12H21NO3S. The van der Waals surface area contributed by atoms with E-state index in [1.165, 1.54) is 0 Å². The van der Waals surface area contributed by atoms with E-state index in [-0.39, 0.29) is 17.9 Å². The number of nitrogens with zero attached hydrogens (tertiary/aromatic N) is 1. The molecule has 0 radical (unpaired) electrons. The Balaban J connectivity index is 2.69. The molecule has 0 aromatic carbocycles. The van der Waals surface area contributed by atoms with Crippen LogP contribution >= 0.6 is 11.8 Å². The molecule has 1 saturated carbocycles. The first-order chi connectivity index (χ1) is 7.75. The van der Waals surface area contributed by atoms with Crippen LogP contribution in [0.5, 0.6) is 0 Å². The summed E-state index contributed by atoms with van der Waals surface area (Å²) >= 11 is 1.68. The van der Waals surface area contributed by atoms with Crippen LogP contribution in [0.15, 0.2) is 0 Å². The molecule has 1 aliphatic carbocycles. The number of hydrogen-bond donors (Lipinski definition) is 1. The molecule has 3 atom stereocenters. The molecule has 98 valence electrons. The maximum atomic E-state index is 12.2. The van der Waals surface area contributed by atoms with Crippen LogP contribution in [0.1, 0.15) is 20.8 Å². The zero-order valence-corrected chi connectivity index (χ0v) is 11.9. The summed E-state index contributed by atoms with van der Waals surface area (Å²) in [5, 5.41) is 9.06. The van der Waals surface area contributed by atoms with Gasteiger partial charge in [-0.2, -0.15) is 11.8 Å². The lowest BCUT2D eigenvalue weighted by molar-refractivity contribution is -0.142. The van der Waals surface area contributed by atoms with Crippen molar-refractivity contribution in [1.29, 1.82) is 0 Å². The molecule has 1 aliphatic rings. The Morgan fingerprint density at radius 3 is 2.29 bits per heavy atom. The van der Waals surface area contributed by atoms with E-state index in [0.29, 0.717) is 0 Å². The summed E-state index contributed by atoms with van der Waals surface area (Å²) in [7, 11) is 1.76. The van der Waals surface area contributed by atoms with Crippen LogP contribution in [0.4, 0.5) is 0 Å². The fraction of sp³-hybridized carbons (Fsp3) is 0.833. The molecule has 17 heavy (non-hydrogen) atoms. The lowest BCUT2D eigenvalue weighted by Crippen LogP contribution is -2.38. The number of rotatable bonds is 5. The normalized spacial score (nSPS) is 27.4. The van der Waals surface area contributed by atoms with Crippen molar-refractivity contribution in [3.63, 3.8) is 0 Å². The van der Waals surface area contributed by atoms with Crippen molar-refractivity contribution >= 4 is 23.6 Å². The first-order valence-corrected chi connectivity index (χ1v) is 7.13. The van der Waals surface area contributed by atoms with Crippen molar-refractivity contribution in [2.45, 2.75) is 26.8 Å². The zero-order chi connectivity index (χ0) is 13.4. The Kier molecular flexibility index (Phi) is 4.12. The highest BCUT2D eigenvalue weighted by molar-refractivity contribution is 7.98. The number of amides is 1. The van der Waals surface area contributed by atoms with Gasteiger partial charge in [-0.05, 0) is 18.6 Å². The van der Waals surface area contributed by atoms with Crippen molar-refractivity contribution < 1.29 is 14.7 Å². The quantitative estimate of drug-likeness (QED) is 0.814. The molecule has 0 aromatic heterocycles. The SMILES string of the molecule is CSCC(C)N(C)C(=O)[C@H]1[C@@H](C(=O)O)C1(C)C. The van der Waals surface area contributed by atoms with E-state index in [1.807, 2.05) is 27.0 Å². The Bertz CT molecular complexity index is 330. The monoisotopic (exact) mass is 259 g/mol. The molecular weight excluding hydrogens is 238 g/mol. The maximum absolute atomic E-state index is 12.2. The van der Waals surface area contributed by atoms with Crippen molar-refractivity contribution in [1.82, 2.24) is 4.90 Å². The molecule has 1 fully saturated rings. The van der Waals surface area contributed by atoms with Crippen LogP contribution in [-0.2, 0) is 9.59 Å². The van der Waals surface area contributed by atoms with E-state index in [9.17, 15) is 9.59 Å². The minimum atomic E-state index is -0.862. The highest BCUT2D eigenvalue weighted by atomic mass is 32.2. The van der Waals surface area contributed by atoms with Crippen LogP contribution in [-0.4, -0.2) is 47.0 Å². The van der Waals surface area contributed by atoms with E-state index >= 15 is 0 Å². The van der Waals surface area contributed by atoms with Crippen LogP contribution < -0.4 is 0 Å². The van der Waals surface area contributed by atoms with E-state index in [0.717, 1.165) is 5.75 Å². The molecule has 0 heterocycles. The number of carbonyl (C=O) groups is 2. The second-order valence-corrected chi connectivity index (χ2v) is 6.28. The van der Waals surface area contributed by atoms with Gasteiger partial charge < -0.3 is 10.0 Å². The first-order valence-electron chi connectivity index (χ1n) is 5.73. The van der Waals surface area contributed by atoms with E-state index in [4.69, 9.17) is 5.11 Å². The van der Waals surface area contributed by atoms with Gasteiger partial charge >= 0.3 is 5.97 Å². The third-order valence-corrected chi connectivity index (χ3v) is 4.59. The topological polar surface area (TPSA) is 57.6 Å². The lowest BCUT2D eigenvalue weighted by Gasteiger charge is -2.25.